The van der Waals surface area contributed by atoms with Crippen molar-refractivity contribution in [1.82, 2.24) is 9.88 Å². The molecule has 0 atom stereocenters. The third-order valence-corrected chi connectivity index (χ3v) is 5.13. The van der Waals surface area contributed by atoms with Gasteiger partial charge in [0.1, 0.15) is 10.8 Å². The van der Waals surface area contributed by atoms with Crippen LogP contribution in [-0.4, -0.2) is 38.3 Å². The van der Waals surface area contributed by atoms with Crippen LogP contribution in [0.3, 0.4) is 0 Å². The molecule has 3 rings (SSSR count). The highest BCUT2D eigenvalue weighted by atomic mass is 32.1. The lowest BCUT2D eigenvalue weighted by Crippen LogP contribution is -2.17. The van der Waals surface area contributed by atoms with Crippen LogP contribution in [0.1, 0.15) is 11.3 Å². The number of methoxy groups -OCH3 is 3. The summed E-state index contributed by atoms with van der Waals surface area (Å²) in [4.78, 5) is 7.03. The van der Waals surface area contributed by atoms with Crippen LogP contribution < -0.4 is 14.2 Å². The Labute approximate surface area is 164 Å². The predicted molar refractivity (Wildman–Crippen MR) is 109 cm³/mol. The first kappa shape index (κ1) is 19.2. The Morgan fingerprint density at radius 2 is 1.78 bits per heavy atom. The molecule has 0 fully saturated rings. The lowest BCUT2D eigenvalue weighted by Gasteiger charge is -2.16. The maximum atomic E-state index is 5.53. The maximum absolute atomic E-state index is 5.53. The fraction of sp³-hybridized carbons (Fsp3) is 0.286. The summed E-state index contributed by atoms with van der Waals surface area (Å²) >= 11 is 1.61. The van der Waals surface area contributed by atoms with Crippen LogP contribution in [0, 0.1) is 0 Å². The Kier molecular flexibility index (Phi) is 6.32. The molecule has 5 nitrogen and oxygen atoms in total. The molecular formula is C21H24N2O3S. The molecule has 1 heterocycles. The van der Waals surface area contributed by atoms with Crippen molar-refractivity contribution >= 4 is 11.3 Å². The number of aromatic nitrogens is 1. The molecule has 0 aliphatic carbocycles. The first-order chi connectivity index (χ1) is 13.1. The van der Waals surface area contributed by atoms with Gasteiger partial charge in [-0.25, -0.2) is 4.98 Å². The van der Waals surface area contributed by atoms with Gasteiger partial charge in [-0.3, -0.25) is 4.90 Å². The monoisotopic (exact) mass is 384 g/mol. The maximum Gasteiger partial charge on any atom is 0.170 e. The lowest BCUT2D eigenvalue weighted by molar-refractivity contribution is 0.315. The Hall–Kier alpha value is -2.57. The van der Waals surface area contributed by atoms with Crippen molar-refractivity contribution < 1.29 is 14.2 Å². The van der Waals surface area contributed by atoms with Crippen molar-refractivity contribution in [1.29, 1.82) is 0 Å². The van der Waals surface area contributed by atoms with Gasteiger partial charge in [-0.1, -0.05) is 18.2 Å². The van der Waals surface area contributed by atoms with E-state index in [1.165, 1.54) is 5.56 Å². The third kappa shape index (κ3) is 4.59. The van der Waals surface area contributed by atoms with Gasteiger partial charge < -0.3 is 14.2 Å². The largest absolute Gasteiger partial charge is 0.497 e. The van der Waals surface area contributed by atoms with Gasteiger partial charge in [0.2, 0.25) is 0 Å². The normalized spacial score (nSPS) is 10.9. The highest BCUT2D eigenvalue weighted by molar-refractivity contribution is 7.13. The average molecular weight is 385 g/mol. The fourth-order valence-corrected chi connectivity index (χ4v) is 3.81. The second-order valence-electron chi connectivity index (χ2n) is 6.21. The van der Waals surface area contributed by atoms with Gasteiger partial charge in [-0.15, -0.1) is 11.3 Å². The summed E-state index contributed by atoms with van der Waals surface area (Å²) in [6.45, 7) is 1.59. The molecule has 0 spiro atoms. The van der Waals surface area contributed by atoms with E-state index in [0.29, 0.717) is 11.5 Å². The molecule has 142 valence electrons. The zero-order valence-electron chi connectivity index (χ0n) is 16.1. The van der Waals surface area contributed by atoms with Crippen molar-refractivity contribution in [2.75, 3.05) is 28.4 Å². The zero-order chi connectivity index (χ0) is 19.2. The van der Waals surface area contributed by atoms with Gasteiger partial charge in [0.25, 0.3) is 0 Å². The number of ether oxygens (including phenoxy) is 3. The van der Waals surface area contributed by atoms with E-state index in [1.54, 1.807) is 32.7 Å². The van der Waals surface area contributed by atoms with Crippen LogP contribution in [0.25, 0.3) is 10.6 Å². The van der Waals surface area contributed by atoms with E-state index in [0.717, 1.165) is 35.1 Å². The second-order valence-corrected chi connectivity index (χ2v) is 7.07. The number of benzene rings is 2. The number of nitrogens with zero attached hydrogens (tertiary/aromatic N) is 2. The average Bonchev–Trinajstić information content (AvgIpc) is 3.15. The fourth-order valence-electron chi connectivity index (χ4n) is 2.97. The van der Waals surface area contributed by atoms with Crippen molar-refractivity contribution in [3.8, 4) is 27.8 Å². The molecule has 1 aromatic heterocycles. The molecule has 3 aromatic rings. The molecule has 0 bridgehead atoms. The molecule has 2 aromatic carbocycles. The molecule has 0 unspecified atom stereocenters. The molecular weight excluding hydrogens is 360 g/mol. The van der Waals surface area contributed by atoms with Crippen LogP contribution >= 0.6 is 11.3 Å². The molecule has 6 heteroatoms. The Balaban J connectivity index is 1.72. The highest BCUT2D eigenvalue weighted by Crippen LogP contribution is 2.39. The lowest BCUT2D eigenvalue weighted by atomic mass is 10.2. The summed E-state index contributed by atoms with van der Waals surface area (Å²) < 4.78 is 16.2. The number of hydrogen-bond acceptors (Lipinski definition) is 6. The van der Waals surface area contributed by atoms with Gasteiger partial charge in [0.15, 0.2) is 11.5 Å². The van der Waals surface area contributed by atoms with E-state index in [-0.39, 0.29) is 0 Å². The molecule has 0 aliphatic heterocycles. The van der Waals surface area contributed by atoms with E-state index in [2.05, 4.69) is 29.5 Å². The van der Waals surface area contributed by atoms with Gasteiger partial charge in [0, 0.05) is 18.5 Å². The van der Waals surface area contributed by atoms with Crippen molar-refractivity contribution in [3.05, 3.63) is 59.1 Å². The molecule has 0 saturated carbocycles. The third-order valence-electron chi connectivity index (χ3n) is 4.20. The minimum absolute atomic E-state index is 0.710. The Bertz CT molecular complexity index is 895. The SMILES string of the molecule is COc1cccc(CN(C)Cc2csc(-c3cccc(OC)c3OC)n2)c1. The van der Waals surface area contributed by atoms with Crippen LogP contribution in [0.15, 0.2) is 47.8 Å². The summed E-state index contributed by atoms with van der Waals surface area (Å²) in [5.74, 6) is 2.30. The van der Waals surface area contributed by atoms with Crippen molar-refractivity contribution in [2.45, 2.75) is 13.1 Å². The van der Waals surface area contributed by atoms with E-state index < -0.39 is 0 Å². The molecule has 0 saturated heterocycles. The Morgan fingerprint density at radius 3 is 2.52 bits per heavy atom. The van der Waals surface area contributed by atoms with E-state index in [4.69, 9.17) is 19.2 Å². The van der Waals surface area contributed by atoms with E-state index in [9.17, 15) is 0 Å². The predicted octanol–water partition coefficient (Wildman–Crippen LogP) is 4.47. The minimum atomic E-state index is 0.710. The summed E-state index contributed by atoms with van der Waals surface area (Å²) in [6.07, 6.45) is 0. The van der Waals surface area contributed by atoms with Crippen LogP contribution in [0.5, 0.6) is 17.2 Å². The van der Waals surface area contributed by atoms with Crippen LogP contribution in [0.2, 0.25) is 0 Å². The topological polar surface area (TPSA) is 43.8 Å². The highest BCUT2D eigenvalue weighted by Gasteiger charge is 2.15. The summed E-state index contributed by atoms with van der Waals surface area (Å²) in [7, 11) is 7.07. The molecule has 0 aliphatic rings. The van der Waals surface area contributed by atoms with Crippen molar-refractivity contribution in [2.24, 2.45) is 0 Å². The van der Waals surface area contributed by atoms with Crippen LogP contribution in [-0.2, 0) is 13.1 Å². The smallest absolute Gasteiger partial charge is 0.170 e. The summed E-state index contributed by atoms with van der Waals surface area (Å²) in [5.41, 5.74) is 3.19. The van der Waals surface area contributed by atoms with E-state index in [1.807, 2.05) is 30.3 Å². The molecule has 27 heavy (non-hydrogen) atoms. The summed E-state index contributed by atoms with van der Waals surface area (Å²) in [5, 5.41) is 3.02. The zero-order valence-corrected chi connectivity index (χ0v) is 16.9. The number of rotatable bonds is 8. The number of para-hydroxylation sites is 1. The van der Waals surface area contributed by atoms with Gasteiger partial charge in [0.05, 0.1) is 32.6 Å². The van der Waals surface area contributed by atoms with Crippen LogP contribution in [0.4, 0.5) is 0 Å². The quantitative estimate of drug-likeness (QED) is 0.573. The first-order valence-electron chi connectivity index (χ1n) is 8.61. The second kappa shape index (κ2) is 8.88. The Morgan fingerprint density at radius 1 is 0.963 bits per heavy atom. The number of hydrogen-bond donors (Lipinski definition) is 0. The van der Waals surface area contributed by atoms with Gasteiger partial charge in [-0.2, -0.15) is 0 Å². The first-order valence-corrected chi connectivity index (χ1v) is 9.49. The standard InChI is InChI=1S/C21H24N2O3S/c1-23(12-15-7-5-8-17(11-15)24-2)13-16-14-27-21(22-16)18-9-6-10-19(25-3)20(18)26-4/h5-11,14H,12-13H2,1-4H3. The van der Waals surface area contributed by atoms with Crippen molar-refractivity contribution in [3.63, 3.8) is 0 Å². The van der Waals surface area contributed by atoms with Gasteiger partial charge >= 0.3 is 0 Å². The molecule has 0 N–H and O–H groups in total. The van der Waals surface area contributed by atoms with Gasteiger partial charge in [-0.05, 0) is 36.9 Å². The molecule has 0 radical (unpaired) electrons. The van der Waals surface area contributed by atoms with E-state index >= 15 is 0 Å². The molecule has 0 amide bonds. The minimum Gasteiger partial charge on any atom is -0.497 e. The summed E-state index contributed by atoms with van der Waals surface area (Å²) in [6, 6.07) is 14.0. The number of thiazole rings is 1.